The Bertz CT molecular complexity index is 485. The van der Waals surface area contributed by atoms with Gasteiger partial charge in [-0.15, -0.1) is 0 Å². The average Bonchev–Trinajstić information content (AvgIpc) is 2.46. The van der Waals surface area contributed by atoms with Crippen molar-refractivity contribution in [2.45, 2.75) is 19.4 Å². The van der Waals surface area contributed by atoms with E-state index in [-0.39, 0.29) is 5.91 Å². The third kappa shape index (κ3) is 6.18. The summed E-state index contributed by atoms with van der Waals surface area (Å²) in [7, 11) is 3.90. The number of hydrogen-bond acceptors (Lipinski definition) is 4. The molecule has 0 aliphatic carbocycles. The molecule has 1 rings (SSSR count). The first-order valence-electron chi connectivity index (χ1n) is 6.82. The van der Waals surface area contributed by atoms with E-state index >= 15 is 0 Å². The van der Waals surface area contributed by atoms with Crippen LogP contribution in [0, 0.1) is 0 Å². The second-order valence-electron chi connectivity index (χ2n) is 4.98. The van der Waals surface area contributed by atoms with Crippen LogP contribution < -0.4 is 11.1 Å². The predicted octanol–water partition coefficient (Wildman–Crippen LogP) is 2.32. The fourth-order valence-electron chi connectivity index (χ4n) is 1.52. The van der Waals surface area contributed by atoms with Crippen molar-refractivity contribution >= 4 is 34.9 Å². The number of benzene rings is 1. The van der Waals surface area contributed by atoms with Crippen molar-refractivity contribution in [2.24, 2.45) is 10.7 Å². The molecule has 3 N–H and O–H groups in total. The number of anilines is 1. The summed E-state index contributed by atoms with van der Waals surface area (Å²) < 4.78 is 0. The summed E-state index contributed by atoms with van der Waals surface area (Å²) in [5.74, 6) is 1.65. The van der Waals surface area contributed by atoms with Crippen LogP contribution >= 0.6 is 11.8 Å². The Morgan fingerprint density at radius 1 is 1.38 bits per heavy atom. The molecular weight excluding hydrogens is 284 g/mol. The molecule has 0 fully saturated rings. The summed E-state index contributed by atoms with van der Waals surface area (Å²) in [5.41, 5.74) is 7.42. The van der Waals surface area contributed by atoms with E-state index in [4.69, 9.17) is 5.73 Å². The van der Waals surface area contributed by atoms with Gasteiger partial charge in [0.15, 0.2) is 0 Å². The lowest BCUT2D eigenvalue weighted by Crippen LogP contribution is -2.36. The molecule has 0 heterocycles. The van der Waals surface area contributed by atoms with Gasteiger partial charge in [0.05, 0.1) is 11.7 Å². The number of amides is 1. The number of aliphatic imine (C=N–C) groups is 1. The predicted molar refractivity (Wildman–Crippen MR) is 92.5 cm³/mol. The maximum Gasteiger partial charge on any atom is 0.241 e. The molecule has 1 aromatic rings. The van der Waals surface area contributed by atoms with Gasteiger partial charge in [-0.05, 0) is 49.6 Å². The van der Waals surface area contributed by atoms with Crippen LogP contribution in [0.3, 0.4) is 0 Å². The van der Waals surface area contributed by atoms with Gasteiger partial charge >= 0.3 is 0 Å². The Labute approximate surface area is 131 Å². The fraction of sp³-hybridized carbons (Fsp3) is 0.467. The molecule has 0 saturated heterocycles. The van der Waals surface area contributed by atoms with Gasteiger partial charge in [-0.1, -0.05) is 0 Å². The zero-order chi connectivity index (χ0) is 15.8. The Kier molecular flexibility index (Phi) is 7.25. The molecule has 1 amide bonds. The monoisotopic (exact) mass is 308 g/mol. The molecule has 6 heteroatoms. The lowest BCUT2D eigenvalue weighted by Gasteiger charge is -2.12. The quantitative estimate of drug-likeness (QED) is 0.625. The zero-order valence-corrected chi connectivity index (χ0v) is 13.9. The standard InChI is InChI=1S/C15H24N4OS/c1-11(19(2)3)17-12-5-7-13(8-6-12)18-15(20)14(16)9-10-21-4/h5-8,14H,9-10,16H2,1-4H3,(H,18,20)/t14-/m0/s1. The van der Waals surface area contributed by atoms with Crippen molar-refractivity contribution in [1.29, 1.82) is 0 Å². The van der Waals surface area contributed by atoms with E-state index in [1.807, 2.05) is 56.4 Å². The first-order valence-corrected chi connectivity index (χ1v) is 8.21. The van der Waals surface area contributed by atoms with Crippen LogP contribution in [0.2, 0.25) is 0 Å². The van der Waals surface area contributed by atoms with Crippen molar-refractivity contribution in [3.63, 3.8) is 0 Å². The van der Waals surface area contributed by atoms with Crippen molar-refractivity contribution < 1.29 is 4.79 Å². The lowest BCUT2D eigenvalue weighted by atomic mass is 10.2. The minimum atomic E-state index is -0.467. The van der Waals surface area contributed by atoms with E-state index in [0.717, 1.165) is 23.0 Å². The Morgan fingerprint density at radius 2 is 2.00 bits per heavy atom. The third-order valence-electron chi connectivity index (χ3n) is 3.04. The first-order chi connectivity index (χ1) is 9.93. The maximum atomic E-state index is 11.9. The third-order valence-corrected chi connectivity index (χ3v) is 3.69. The summed E-state index contributed by atoms with van der Waals surface area (Å²) in [4.78, 5) is 18.3. The van der Waals surface area contributed by atoms with Crippen molar-refractivity contribution in [3.05, 3.63) is 24.3 Å². The zero-order valence-electron chi connectivity index (χ0n) is 13.1. The van der Waals surface area contributed by atoms with E-state index in [2.05, 4.69) is 10.3 Å². The Balaban J connectivity index is 2.62. The van der Waals surface area contributed by atoms with Gasteiger partial charge in [-0.3, -0.25) is 4.79 Å². The van der Waals surface area contributed by atoms with Gasteiger partial charge in [-0.2, -0.15) is 11.8 Å². The van der Waals surface area contributed by atoms with Crippen LogP contribution in [-0.4, -0.2) is 48.8 Å². The highest BCUT2D eigenvalue weighted by Crippen LogP contribution is 2.17. The second-order valence-corrected chi connectivity index (χ2v) is 5.96. The van der Waals surface area contributed by atoms with Gasteiger partial charge < -0.3 is 16.0 Å². The SMILES string of the molecule is CSCC[C@H](N)C(=O)Nc1ccc(N=C(C)N(C)C)cc1. The number of carbonyl (C=O) groups excluding carboxylic acids is 1. The molecular formula is C15H24N4OS. The highest BCUT2D eigenvalue weighted by Gasteiger charge is 2.12. The van der Waals surface area contributed by atoms with Gasteiger partial charge in [0.25, 0.3) is 0 Å². The van der Waals surface area contributed by atoms with Crippen LogP contribution in [0.25, 0.3) is 0 Å². The van der Waals surface area contributed by atoms with Crippen molar-refractivity contribution in [2.75, 3.05) is 31.4 Å². The Hall–Kier alpha value is -1.53. The lowest BCUT2D eigenvalue weighted by molar-refractivity contribution is -0.117. The van der Waals surface area contributed by atoms with Crippen LogP contribution in [0.5, 0.6) is 0 Å². The number of hydrogen-bond donors (Lipinski definition) is 2. The van der Waals surface area contributed by atoms with E-state index in [1.54, 1.807) is 11.8 Å². The molecule has 0 bridgehead atoms. The summed E-state index contributed by atoms with van der Waals surface area (Å²) in [5, 5.41) is 2.82. The van der Waals surface area contributed by atoms with Crippen LogP contribution in [0.1, 0.15) is 13.3 Å². The highest BCUT2D eigenvalue weighted by molar-refractivity contribution is 7.98. The van der Waals surface area contributed by atoms with Gasteiger partial charge in [-0.25, -0.2) is 4.99 Å². The number of carbonyl (C=O) groups is 1. The summed E-state index contributed by atoms with van der Waals surface area (Å²) >= 11 is 1.68. The molecule has 1 aromatic carbocycles. The smallest absolute Gasteiger partial charge is 0.241 e. The maximum absolute atomic E-state index is 11.9. The van der Waals surface area contributed by atoms with Crippen LogP contribution in [0.15, 0.2) is 29.3 Å². The number of nitrogens with one attached hydrogen (secondary N) is 1. The molecule has 1 atom stereocenters. The molecule has 0 saturated carbocycles. The summed E-state index contributed by atoms with van der Waals surface area (Å²) in [6.45, 7) is 1.94. The number of nitrogens with two attached hydrogens (primary N) is 1. The largest absolute Gasteiger partial charge is 0.366 e. The fourth-order valence-corrected chi connectivity index (χ4v) is 2.01. The van der Waals surface area contributed by atoms with E-state index < -0.39 is 6.04 Å². The molecule has 5 nitrogen and oxygen atoms in total. The first kappa shape index (κ1) is 17.5. The van der Waals surface area contributed by atoms with E-state index in [0.29, 0.717) is 6.42 Å². The minimum Gasteiger partial charge on any atom is -0.366 e. The number of amidine groups is 1. The van der Waals surface area contributed by atoms with Crippen LogP contribution in [0.4, 0.5) is 11.4 Å². The van der Waals surface area contributed by atoms with Crippen molar-refractivity contribution in [3.8, 4) is 0 Å². The Morgan fingerprint density at radius 3 is 2.52 bits per heavy atom. The molecule has 0 unspecified atom stereocenters. The summed E-state index contributed by atoms with van der Waals surface area (Å²) in [6, 6.07) is 6.94. The molecule has 21 heavy (non-hydrogen) atoms. The average molecular weight is 308 g/mol. The molecule has 0 aliphatic rings. The van der Waals surface area contributed by atoms with Crippen molar-refractivity contribution in [1.82, 2.24) is 4.90 Å². The molecule has 0 aliphatic heterocycles. The normalized spacial score (nSPS) is 12.9. The molecule has 116 valence electrons. The van der Waals surface area contributed by atoms with E-state index in [1.165, 1.54) is 0 Å². The number of rotatable bonds is 6. The minimum absolute atomic E-state index is 0.148. The number of thioether (sulfide) groups is 1. The molecule has 0 radical (unpaired) electrons. The molecule has 0 aromatic heterocycles. The van der Waals surface area contributed by atoms with Gasteiger partial charge in [0.1, 0.15) is 5.84 Å². The molecule has 0 spiro atoms. The van der Waals surface area contributed by atoms with Gasteiger partial charge in [0.2, 0.25) is 5.91 Å². The van der Waals surface area contributed by atoms with E-state index in [9.17, 15) is 4.79 Å². The second kappa shape index (κ2) is 8.69. The summed E-state index contributed by atoms with van der Waals surface area (Å²) in [6.07, 6.45) is 2.68. The topological polar surface area (TPSA) is 70.7 Å². The highest BCUT2D eigenvalue weighted by atomic mass is 32.2. The van der Waals surface area contributed by atoms with Crippen LogP contribution in [-0.2, 0) is 4.79 Å². The number of nitrogens with zero attached hydrogens (tertiary/aromatic N) is 2. The van der Waals surface area contributed by atoms with Gasteiger partial charge in [0, 0.05) is 19.8 Å².